The van der Waals surface area contributed by atoms with Crippen molar-refractivity contribution in [2.24, 2.45) is 5.92 Å². The van der Waals surface area contributed by atoms with Crippen LogP contribution in [0.3, 0.4) is 0 Å². The number of ether oxygens (including phenoxy) is 3. The van der Waals surface area contributed by atoms with E-state index in [0.29, 0.717) is 50.9 Å². The summed E-state index contributed by atoms with van der Waals surface area (Å²) in [6.45, 7) is 9.92. The fraction of sp³-hybridized carbons (Fsp3) is 0.406. The van der Waals surface area contributed by atoms with Crippen LogP contribution in [0.1, 0.15) is 47.3 Å². The van der Waals surface area contributed by atoms with Gasteiger partial charge in [-0.15, -0.1) is 0 Å². The Balaban J connectivity index is 1.44. The zero-order chi connectivity index (χ0) is 26.6. The lowest BCUT2D eigenvalue weighted by Crippen LogP contribution is -2.29. The Morgan fingerprint density at radius 3 is 2.66 bits per heavy atom. The Hall–Kier alpha value is -3.35. The molecule has 6 heteroatoms. The van der Waals surface area contributed by atoms with Crippen LogP contribution in [0.25, 0.3) is 0 Å². The minimum Gasteiger partial charge on any atom is -0.492 e. The van der Waals surface area contributed by atoms with Crippen molar-refractivity contribution < 1.29 is 19.0 Å². The second kappa shape index (κ2) is 14.6. The van der Waals surface area contributed by atoms with Crippen LogP contribution >= 0.6 is 0 Å². The summed E-state index contributed by atoms with van der Waals surface area (Å²) in [7, 11) is 0. The van der Waals surface area contributed by atoms with Crippen molar-refractivity contribution in [2.75, 3.05) is 46.1 Å². The summed E-state index contributed by atoms with van der Waals surface area (Å²) in [6.07, 6.45) is 1.85. The second-order valence-corrected chi connectivity index (χ2v) is 10.2. The van der Waals surface area contributed by atoms with E-state index >= 15 is 0 Å². The largest absolute Gasteiger partial charge is 0.492 e. The maximum atomic E-state index is 12.9. The van der Waals surface area contributed by atoms with E-state index in [-0.39, 0.29) is 5.91 Å². The molecule has 1 heterocycles. The van der Waals surface area contributed by atoms with Crippen LogP contribution in [0.2, 0.25) is 0 Å². The van der Waals surface area contributed by atoms with Gasteiger partial charge in [0.25, 0.3) is 5.91 Å². The number of hydrogen-bond donors (Lipinski definition) is 1. The van der Waals surface area contributed by atoms with Crippen molar-refractivity contribution in [1.82, 2.24) is 10.2 Å². The first-order valence-corrected chi connectivity index (χ1v) is 13.7. The molecule has 0 fully saturated rings. The Morgan fingerprint density at radius 1 is 0.974 bits per heavy atom. The highest BCUT2D eigenvalue weighted by molar-refractivity contribution is 5.94. The Morgan fingerprint density at radius 2 is 1.82 bits per heavy atom. The van der Waals surface area contributed by atoms with Crippen LogP contribution < -0.4 is 14.8 Å². The van der Waals surface area contributed by atoms with E-state index in [2.05, 4.69) is 48.3 Å². The number of fused-ring (bicyclic) bond motifs is 3. The van der Waals surface area contributed by atoms with Gasteiger partial charge in [-0.3, -0.25) is 9.69 Å². The molecular formula is C32H40N2O4. The zero-order valence-corrected chi connectivity index (χ0v) is 22.7. The van der Waals surface area contributed by atoms with Gasteiger partial charge in [-0.1, -0.05) is 56.3 Å². The number of nitrogens with zero attached hydrogens (tertiary/aromatic N) is 1. The van der Waals surface area contributed by atoms with E-state index in [9.17, 15) is 4.79 Å². The highest BCUT2D eigenvalue weighted by atomic mass is 16.5. The molecule has 1 aliphatic rings. The van der Waals surface area contributed by atoms with Gasteiger partial charge in [0.15, 0.2) is 0 Å². The monoisotopic (exact) mass is 516 g/mol. The topological polar surface area (TPSA) is 60.0 Å². The zero-order valence-electron chi connectivity index (χ0n) is 22.7. The summed E-state index contributed by atoms with van der Waals surface area (Å²) in [5.74, 6) is 2.13. The van der Waals surface area contributed by atoms with E-state index in [1.165, 1.54) is 17.5 Å². The fourth-order valence-electron chi connectivity index (χ4n) is 4.48. The molecule has 0 saturated carbocycles. The van der Waals surface area contributed by atoms with Gasteiger partial charge in [0.05, 0.1) is 19.8 Å². The third-order valence-electron chi connectivity index (χ3n) is 6.57. The van der Waals surface area contributed by atoms with Gasteiger partial charge in [-0.25, -0.2) is 0 Å². The van der Waals surface area contributed by atoms with Gasteiger partial charge in [0.1, 0.15) is 24.7 Å². The number of para-hydroxylation sites is 1. The van der Waals surface area contributed by atoms with E-state index in [1.807, 2.05) is 48.5 Å². The molecule has 2 bridgehead atoms. The van der Waals surface area contributed by atoms with Gasteiger partial charge in [0, 0.05) is 25.1 Å². The normalized spacial score (nSPS) is 14.7. The number of hydrogen-bond acceptors (Lipinski definition) is 5. The number of benzene rings is 3. The molecule has 3 aromatic rings. The predicted molar refractivity (Wildman–Crippen MR) is 151 cm³/mol. The van der Waals surface area contributed by atoms with Crippen molar-refractivity contribution >= 4 is 5.91 Å². The second-order valence-electron chi connectivity index (χ2n) is 10.2. The molecule has 4 rings (SSSR count). The summed E-state index contributed by atoms with van der Waals surface area (Å²) in [5, 5.41) is 2.96. The Kier molecular flexibility index (Phi) is 10.6. The minimum absolute atomic E-state index is 0.123. The van der Waals surface area contributed by atoms with Crippen molar-refractivity contribution in [3.05, 3.63) is 95.1 Å². The standard InChI is InChI=1S/C32H40N2O4/c1-25(2)13-15-34-16-18-36-19-20-38-31-12-11-28(23-29(31)22-26-7-6-8-27(21-26)24-34)32(35)33-14-17-37-30-9-4-3-5-10-30/h3-12,21,23,25H,13-20,22,24H2,1-2H3,(H,33,35). The van der Waals surface area contributed by atoms with Crippen molar-refractivity contribution in [1.29, 1.82) is 0 Å². The highest BCUT2D eigenvalue weighted by Crippen LogP contribution is 2.25. The summed E-state index contributed by atoms with van der Waals surface area (Å²) >= 11 is 0. The van der Waals surface area contributed by atoms with E-state index in [4.69, 9.17) is 14.2 Å². The number of amides is 1. The van der Waals surface area contributed by atoms with Crippen LogP contribution in [0, 0.1) is 5.92 Å². The number of carbonyl (C=O) groups is 1. The first kappa shape index (κ1) is 27.7. The average Bonchev–Trinajstić information content (AvgIpc) is 2.92. The molecule has 0 aliphatic carbocycles. The van der Waals surface area contributed by atoms with Crippen LogP contribution in [0.4, 0.5) is 0 Å². The first-order valence-electron chi connectivity index (χ1n) is 13.7. The van der Waals surface area contributed by atoms with Crippen molar-refractivity contribution in [2.45, 2.75) is 33.2 Å². The quantitative estimate of drug-likeness (QED) is 0.410. The van der Waals surface area contributed by atoms with Crippen LogP contribution in [0.15, 0.2) is 72.8 Å². The lowest BCUT2D eigenvalue weighted by atomic mass is 9.99. The molecule has 0 saturated heterocycles. The van der Waals surface area contributed by atoms with Crippen LogP contribution in [-0.4, -0.2) is 56.9 Å². The van der Waals surface area contributed by atoms with E-state index in [0.717, 1.165) is 36.7 Å². The lowest BCUT2D eigenvalue weighted by Gasteiger charge is -2.24. The van der Waals surface area contributed by atoms with Crippen LogP contribution in [0.5, 0.6) is 11.5 Å². The minimum atomic E-state index is -0.123. The smallest absolute Gasteiger partial charge is 0.251 e. The van der Waals surface area contributed by atoms with Gasteiger partial charge in [-0.2, -0.15) is 0 Å². The molecule has 1 amide bonds. The molecule has 0 atom stereocenters. The van der Waals surface area contributed by atoms with Crippen LogP contribution in [-0.2, 0) is 17.7 Å². The summed E-state index contributed by atoms with van der Waals surface area (Å²) in [5.41, 5.74) is 4.10. The van der Waals surface area contributed by atoms with Crippen molar-refractivity contribution in [3.63, 3.8) is 0 Å². The molecule has 202 valence electrons. The highest BCUT2D eigenvalue weighted by Gasteiger charge is 2.14. The molecule has 1 aliphatic heterocycles. The maximum Gasteiger partial charge on any atom is 0.251 e. The van der Waals surface area contributed by atoms with Gasteiger partial charge in [0.2, 0.25) is 0 Å². The van der Waals surface area contributed by atoms with Gasteiger partial charge < -0.3 is 19.5 Å². The molecular weight excluding hydrogens is 476 g/mol. The molecule has 0 radical (unpaired) electrons. The molecule has 6 nitrogen and oxygen atoms in total. The first-order chi connectivity index (χ1) is 18.6. The third kappa shape index (κ3) is 8.89. The number of nitrogens with one attached hydrogen (secondary N) is 1. The number of rotatable bonds is 8. The molecule has 0 unspecified atom stereocenters. The molecule has 0 spiro atoms. The Bertz CT molecular complexity index is 1150. The summed E-state index contributed by atoms with van der Waals surface area (Å²) in [4.78, 5) is 15.4. The van der Waals surface area contributed by atoms with E-state index < -0.39 is 0 Å². The fourth-order valence-corrected chi connectivity index (χ4v) is 4.48. The predicted octanol–water partition coefficient (Wildman–Crippen LogP) is 5.34. The summed E-state index contributed by atoms with van der Waals surface area (Å²) in [6, 6.07) is 24.0. The van der Waals surface area contributed by atoms with E-state index in [1.54, 1.807) is 0 Å². The number of carbonyl (C=O) groups excluding carboxylic acids is 1. The third-order valence-corrected chi connectivity index (χ3v) is 6.57. The Labute approximate surface area is 226 Å². The SMILES string of the molecule is CC(C)CCN1CCOCCOc2ccc(C(=O)NCCOc3ccccc3)cc2Cc2cccc(c2)C1. The van der Waals surface area contributed by atoms with Gasteiger partial charge in [-0.05, 0) is 65.9 Å². The van der Waals surface area contributed by atoms with Crippen molar-refractivity contribution in [3.8, 4) is 11.5 Å². The maximum absolute atomic E-state index is 12.9. The molecule has 38 heavy (non-hydrogen) atoms. The lowest BCUT2D eigenvalue weighted by molar-refractivity contribution is 0.0764. The molecule has 3 aromatic carbocycles. The molecule has 0 aromatic heterocycles. The average molecular weight is 517 g/mol. The molecule has 1 N–H and O–H groups in total. The van der Waals surface area contributed by atoms with Gasteiger partial charge >= 0.3 is 0 Å². The summed E-state index contributed by atoms with van der Waals surface area (Å²) < 4.78 is 17.7.